The molecule has 1 saturated heterocycles. The zero-order chi connectivity index (χ0) is 10.3. The number of amides is 4. The summed E-state index contributed by atoms with van der Waals surface area (Å²) in [4.78, 5) is 35.3. The quantitative estimate of drug-likeness (QED) is 0.544. The minimum atomic E-state index is -0.941. The number of carbonyl (C=O) groups is 3. The van der Waals surface area contributed by atoms with Crippen molar-refractivity contribution in [3.63, 3.8) is 0 Å². The Bertz CT molecular complexity index is 322. The van der Waals surface area contributed by atoms with Crippen LogP contribution in [0.4, 0.5) is 4.79 Å². The minimum absolute atomic E-state index is 0.166. The van der Waals surface area contributed by atoms with Crippen molar-refractivity contribution in [2.75, 3.05) is 13.1 Å². The Morgan fingerprint density at radius 3 is 2.50 bits per heavy atom. The van der Waals surface area contributed by atoms with Crippen molar-refractivity contribution in [3.8, 4) is 0 Å². The number of nitrogens with one attached hydrogen (secondary N) is 1. The molecule has 0 aromatic heterocycles. The Morgan fingerprint density at radius 2 is 2.00 bits per heavy atom. The van der Waals surface area contributed by atoms with Crippen LogP contribution in [0.1, 0.15) is 12.8 Å². The molecule has 4 amide bonds. The lowest BCUT2D eigenvalue weighted by Gasteiger charge is -2.29. The zero-order valence-corrected chi connectivity index (χ0v) is 7.58. The van der Waals surface area contributed by atoms with Crippen molar-refractivity contribution >= 4 is 17.8 Å². The van der Waals surface area contributed by atoms with E-state index in [9.17, 15) is 14.4 Å². The summed E-state index contributed by atoms with van der Waals surface area (Å²) in [5, 5.41) is 2.17. The molecule has 0 aromatic rings. The van der Waals surface area contributed by atoms with E-state index in [4.69, 9.17) is 5.73 Å². The standard InChI is InChI=1S/C8H11N3O3/c9-3-4-11-6(13)8(1-2-8)5(12)10-7(11)14/h1-4,9H2,(H,10,12,14). The molecule has 0 aromatic carbocycles. The van der Waals surface area contributed by atoms with Gasteiger partial charge in [0, 0.05) is 13.1 Å². The maximum Gasteiger partial charge on any atom is 0.330 e. The molecule has 6 nitrogen and oxygen atoms in total. The fraction of sp³-hybridized carbons (Fsp3) is 0.625. The van der Waals surface area contributed by atoms with E-state index in [1.54, 1.807) is 0 Å². The maximum atomic E-state index is 11.7. The summed E-state index contributed by atoms with van der Waals surface area (Å²) in [5.41, 5.74) is 4.33. The van der Waals surface area contributed by atoms with Gasteiger partial charge in [-0.1, -0.05) is 0 Å². The third-order valence-corrected chi connectivity index (χ3v) is 2.66. The largest absolute Gasteiger partial charge is 0.330 e. The first-order chi connectivity index (χ1) is 6.62. The summed E-state index contributed by atoms with van der Waals surface area (Å²) in [6.07, 6.45) is 1.07. The van der Waals surface area contributed by atoms with Crippen LogP contribution in [0.15, 0.2) is 0 Å². The molecule has 0 bridgehead atoms. The van der Waals surface area contributed by atoms with E-state index in [0.717, 1.165) is 4.90 Å². The van der Waals surface area contributed by atoms with Gasteiger partial charge in [0.25, 0.3) is 0 Å². The fourth-order valence-electron chi connectivity index (χ4n) is 1.63. The third-order valence-electron chi connectivity index (χ3n) is 2.66. The molecule has 0 radical (unpaired) electrons. The normalized spacial score (nSPS) is 24.1. The summed E-state index contributed by atoms with van der Waals surface area (Å²) in [7, 11) is 0. The Hall–Kier alpha value is -1.43. The molecule has 6 heteroatoms. The molecule has 14 heavy (non-hydrogen) atoms. The number of hydrogen-bond donors (Lipinski definition) is 2. The van der Waals surface area contributed by atoms with Gasteiger partial charge in [-0.3, -0.25) is 19.8 Å². The summed E-state index contributed by atoms with van der Waals surface area (Å²) in [6.45, 7) is 0.378. The van der Waals surface area contributed by atoms with E-state index < -0.39 is 23.3 Å². The van der Waals surface area contributed by atoms with Crippen molar-refractivity contribution in [1.29, 1.82) is 0 Å². The van der Waals surface area contributed by atoms with Crippen LogP contribution in [0, 0.1) is 5.41 Å². The number of nitrogens with two attached hydrogens (primary N) is 1. The predicted molar refractivity (Wildman–Crippen MR) is 46.0 cm³/mol. The molecular formula is C8H11N3O3. The smallest absolute Gasteiger partial charge is 0.329 e. The van der Waals surface area contributed by atoms with E-state index in [1.807, 2.05) is 0 Å². The molecular weight excluding hydrogens is 186 g/mol. The molecule has 2 rings (SSSR count). The summed E-state index contributed by atoms with van der Waals surface area (Å²) in [5.74, 6) is -0.850. The van der Waals surface area contributed by atoms with Crippen molar-refractivity contribution < 1.29 is 14.4 Å². The number of barbiturate groups is 1. The highest BCUT2D eigenvalue weighted by Gasteiger charge is 2.61. The van der Waals surface area contributed by atoms with Gasteiger partial charge >= 0.3 is 6.03 Å². The topological polar surface area (TPSA) is 92.5 Å². The van der Waals surface area contributed by atoms with Crippen LogP contribution < -0.4 is 11.1 Å². The van der Waals surface area contributed by atoms with Gasteiger partial charge in [0.1, 0.15) is 5.41 Å². The highest BCUT2D eigenvalue weighted by atomic mass is 16.2. The van der Waals surface area contributed by atoms with Crippen molar-refractivity contribution in [2.24, 2.45) is 11.1 Å². The lowest BCUT2D eigenvalue weighted by atomic mass is 10.0. The van der Waals surface area contributed by atoms with Crippen LogP contribution in [-0.2, 0) is 9.59 Å². The maximum absolute atomic E-state index is 11.7. The van der Waals surface area contributed by atoms with Crippen molar-refractivity contribution in [3.05, 3.63) is 0 Å². The van der Waals surface area contributed by atoms with Gasteiger partial charge in [0.15, 0.2) is 0 Å². The second-order valence-electron chi connectivity index (χ2n) is 3.59. The van der Waals surface area contributed by atoms with Crippen molar-refractivity contribution in [1.82, 2.24) is 10.2 Å². The Balaban J connectivity index is 2.23. The second-order valence-corrected chi connectivity index (χ2v) is 3.59. The first kappa shape index (κ1) is 9.14. The average Bonchev–Trinajstić information content (AvgIpc) is 2.91. The van der Waals surface area contributed by atoms with Gasteiger partial charge < -0.3 is 5.73 Å². The molecule has 1 spiro atoms. The summed E-state index contributed by atoms with van der Waals surface area (Å²) < 4.78 is 0. The SMILES string of the molecule is NCCN1C(=O)NC(=O)C2(CC2)C1=O. The van der Waals surface area contributed by atoms with E-state index in [2.05, 4.69) is 5.32 Å². The molecule has 2 fully saturated rings. The van der Waals surface area contributed by atoms with E-state index in [-0.39, 0.29) is 13.1 Å². The number of urea groups is 1. The van der Waals surface area contributed by atoms with Gasteiger partial charge in [0.2, 0.25) is 11.8 Å². The summed E-state index contributed by atoms with van der Waals surface area (Å²) >= 11 is 0. The summed E-state index contributed by atoms with van der Waals surface area (Å²) in [6, 6.07) is -0.650. The van der Waals surface area contributed by atoms with Crippen molar-refractivity contribution in [2.45, 2.75) is 12.8 Å². The average molecular weight is 197 g/mol. The Morgan fingerprint density at radius 1 is 1.36 bits per heavy atom. The molecule has 1 saturated carbocycles. The van der Waals surface area contributed by atoms with Crippen LogP contribution in [0.3, 0.4) is 0 Å². The third kappa shape index (κ3) is 1.04. The lowest BCUT2D eigenvalue weighted by Crippen LogP contribution is -2.59. The fourth-order valence-corrected chi connectivity index (χ4v) is 1.63. The Labute approximate surface area is 80.4 Å². The van der Waals surface area contributed by atoms with E-state index >= 15 is 0 Å². The van der Waals surface area contributed by atoms with Gasteiger partial charge in [-0.05, 0) is 12.8 Å². The first-order valence-corrected chi connectivity index (χ1v) is 4.49. The molecule has 3 N–H and O–H groups in total. The monoisotopic (exact) mass is 197 g/mol. The number of hydrogen-bond acceptors (Lipinski definition) is 4. The second kappa shape index (κ2) is 2.78. The number of rotatable bonds is 2. The van der Waals surface area contributed by atoms with Gasteiger partial charge in [0.05, 0.1) is 0 Å². The van der Waals surface area contributed by atoms with E-state index in [1.165, 1.54) is 0 Å². The first-order valence-electron chi connectivity index (χ1n) is 4.49. The van der Waals surface area contributed by atoms with Gasteiger partial charge in [-0.15, -0.1) is 0 Å². The van der Waals surface area contributed by atoms with E-state index in [0.29, 0.717) is 12.8 Å². The number of imide groups is 2. The molecule has 76 valence electrons. The molecule has 2 aliphatic rings. The zero-order valence-electron chi connectivity index (χ0n) is 7.58. The van der Waals surface area contributed by atoms with Crippen LogP contribution in [0.5, 0.6) is 0 Å². The molecule has 0 atom stereocenters. The highest BCUT2D eigenvalue weighted by molar-refractivity contribution is 6.20. The Kier molecular flexibility index (Phi) is 1.81. The van der Waals surface area contributed by atoms with Crippen LogP contribution >= 0.6 is 0 Å². The lowest BCUT2D eigenvalue weighted by molar-refractivity contribution is -0.144. The molecule has 0 unspecified atom stereocenters. The van der Waals surface area contributed by atoms with Crippen LogP contribution in [0.25, 0.3) is 0 Å². The molecule has 1 aliphatic heterocycles. The van der Waals surface area contributed by atoms with Gasteiger partial charge in [-0.2, -0.15) is 0 Å². The number of nitrogens with zero attached hydrogens (tertiary/aromatic N) is 1. The van der Waals surface area contributed by atoms with Crippen LogP contribution in [0.2, 0.25) is 0 Å². The number of carbonyl (C=O) groups excluding carboxylic acids is 3. The highest BCUT2D eigenvalue weighted by Crippen LogP contribution is 2.48. The minimum Gasteiger partial charge on any atom is -0.329 e. The molecule has 1 heterocycles. The van der Waals surface area contributed by atoms with Gasteiger partial charge in [-0.25, -0.2) is 4.79 Å². The predicted octanol–water partition coefficient (Wildman–Crippen LogP) is -1.20. The van der Waals surface area contributed by atoms with Crippen LogP contribution in [-0.4, -0.2) is 35.8 Å². The molecule has 1 aliphatic carbocycles.